The van der Waals surface area contributed by atoms with Gasteiger partial charge in [-0.1, -0.05) is 35.6 Å². The smallest absolute Gasteiger partial charge is 0.350 e. The van der Waals surface area contributed by atoms with Crippen LogP contribution < -0.4 is 9.64 Å². The molecule has 2 N–H and O–H groups in total. The van der Waals surface area contributed by atoms with Crippen LogP contribution in [-0.4, -0.2) is 46.1 Å². The number of phenols is 1. The summed E-state index contributed by atoms with van der Waals surface area (Å²) >= 11 is 0.924. The van der Waals surface area contributed by atoms with Crippen LogP contribution in [-0.2, 0) is 14.3 Å². The Morgan fingerprint density at radius 3 is 2.50 bits per heavy atom. The van der Waals surface area contributed by atoms with Crippen LogP contribution in [0.1, 0.15) is 46.4 Å². The fraction of sp³-hybridized carbons (Fsp3) is 0.231. The molecule has 1 aliphatic rings. The lowest BCUT2D eigenvalue weighted by molar-refractivity contribution is -0.132. The van der Waals surface area contributed by atoms with Crippen LogP contribution in [0, 0.1) is 6.92 Å². The first-order valence-corrected chi connectivity index (χ1v) is 12.1. The average Bonchev–Trinajstić information content (AvgIpc) is 3.36. The standard InChI is InChI=1S/C26H24N2O7S/c1-4-34-18-8-6-7-16(13-18)21(30)19-20(15-9-11-17(29)12-10-15)28(24(32)22(19)31)26-27-14(3)23(36-26)25(33)35-5-2/h6-13,20,29-30H,4-5H2,1-3H3/b21-19+. The molecule has 3 aromatic rings. The van der Waals surface area contributed by atoms with Crippen molar-refractivity contribution < 1.29 is 34.1 Å². The highest BCUT2D eigenvalue weighted by atomic mass is 32.1. The molecule has 36 heavy (non-hydrogen) atoms. The number of carbonyl (C=O) groups excluding carboxylic acids is 3. The zero-order valence-corrected chi connectivity index (χ0v) is 20.7. The van der Waals surface area contributed by atoms with E-state index in [2.05, 4.69) is 4.98 Å². The first-order chi connectivity index (χ1) is 17.3. The Morgan fingerprint density at radius 1 is 1.11 bits per heavy atom. The number of Topliss-reactive ketones (excluding diaryl/α,β-unsaturated/α-hetero) is 1. The molecule has 10 heteroatoms. The van der Waals surface area contributed by atoms with Gasteiger partial charge < -0.3 is 19.7 Å². The molecule has 1 amide bonds. The zero-order chi connectivity index (χ0) is 26.0. The van der Waals surface area contributed by atoms with Crippen LogP contribution in [0.3, 0.4) is 0 Å². The van der Waals surface area contributed by atoms with Gasteiger partial charge in [0.2, 0.25) is 0 Å². The van der Waals surface area contributed by atoms with Crippen molar-refractivity contribution in [3.8, 4) is 11.5 Å². The van der Waals surface area contributed by atoms with E-state index in [0.29, 0.717) is 29.2 Å². The highest BCUT2D eigenvalue weighted by molar-refractivity contribution is 7.17. The van der Waals surface area contributed by atoms with Crippen LogP contribution in [0.2, 0.25) is 0 Å². The number of aryl methyl sites for hydroxylation is 1. The number of phenolic OH excluding ortho intramolecular Hbond substituents is 1. The van der Waals surface area contributed by atoms with Crippen molar-refractivity contribution in [3.63, 3.8) is 0 Å². The second kappa shape index (κ2) is 10.2. The van der Waals surface area contributed by atoms with Crippen LogP contribution in [0.15, 0.2) is 54.1 Å². The fourth-order valence-electron chi connectivity index (χ4n) is 3.93. The van der Waals surface area contributed by atoms with Gasteiger partial charge in [0.1, 0.15) is 22.1 Å². The Balaban J connectivity index is 1.89. The van der Waals surface area contributed by atoms with Crippen molar-refractivity contribution >= 4 is 39.9 Å². The number of aromatic nitrogens is 1. The van der Waals surface area contributed by atoms with Gasteiger partial charge in [-0.25, -0.2) is 9.78 Å². The van der Waals surface area contributed by atoms with E-state index in [1.54, 1.807) is 50.2 Å². The number of aliphatic hydroxyl groups is 1. The molecular weight excluding hydrogens is 484 g/mol. The lowest BCUT2D eigenvalue weighted by Gasteiger charge is -2.23. The average molecular weight is 509 g/mol. The molecule has 1 aliphatic heterocycles. The number of hydrogen-bond donors (Lipinski definition) is 2. The highest BCUT2D eigenvalue weighted by Crippen LogP contribution is 2.44. The van der Waals surface area contributed by atoms with E-state index in [4.69, 9.17) is 9.47 Å². The van der Waals surface area contributed by atoms with Crippen molar-refractivity contribution in [1.82, 2.24) is 4.98 Å². The number of aliphatic hydroxyl groups excluding tert-OH is 1. The summed E-state index contributed by atoms with van der Waals surface area (Å²) in [7, 11) is 0. The maximum absolute atomic E-state index is 13.3. The molecule has 186 valence electrons. The molecule has 0 spiro atoms. The van der Waals surface area contributed by atoms with E-state index >= 15 is 0 Å². The van der Waals surface area contributed by atoms with E-state index in [1.165, 1.54) is 12.1 Å². The minimum atomic E-state index is -1.05. The van der Waals surface area contributed by atoms with E-state index in [1.807, 2.05) is 6.92 Å². The Bertz CT molecular complexity index is 1360. The second-order valence-corrected chi connectivity index (χ2v) is 8.83. The molecule has 1 aromatic heterocycles. The Kier molecular flexibility index (Phi) is 7.07. The molecule has 2 aromatic carbocycles. The summed E-state index contributed by atoms with van der Waals surface area (Å²) in [6, 6.07) is 11.4. The highest BCUT2D eigenvalue weighted by Gasteiger charge is 2.48. The van der Waals surface area contributed by atoms with E-state index < -0.39 is 23.7 Å². The Labute approximate surface area is 211 Å². The summed E-state index contributed by atoms with van der Waals surface area (Å²) in [6.45, 7) is 5.69. The first-order valence-electron chi connectivity index (χ1n) is 11.2. The third kappa shape index (κ3) is 4.55. The first kappa shape index (κ1) is 24.9. The number of ether oxygens (including phenoxy) is 2. The van der Waals surface area contributed by atoms with Crippen molar-refractivity contribution in [2.24, 2.45) is 0 Å². The molecule has 0 aliphatic carbocycles. The third-order valence-corrected chi connectivity index (χ3v) is 6.66. The quantitative estimate of drug-likeness (QED) is 0.209. The van der Waals surface area contributed by atoms with Gasteiger partial charge in [0, 0.05) is 5.56 Å². The van der Waals surface area contributed by atoms with Gasteiger partial charge >= 0.3 is 11.9 Å². The van der Waals surface area contributed by atoms with Crippen molar-refractivity contribution in [2.45, 2.75) is 26.8 Å². The predicted molar refractivity (Wildman–Crippen MR) is 133 cm³/mol. The molecule has 0 bridgehead atoms. The van der Waals surface area contributed by atoms with E-state index in [0.717, 1.165) is 16.2 Å². The van der Waals surface area contributed by atoms with Gasteiger partial charge in [-0.15, -0.1) is 0 Å². The number of amides is 1. The molecule has 1 atom stereocenters. The number of aromatic hydroxyl groups is 1. The Morgan fingerprint density at radius 2 is 1.83 bits per heavy atom. The normalized spacial score (nSPS) is 16.9. The Hall–Kier alpha value is -4.18. The van der Waals surface area contributed by atoms with Crippen LogP contribution in [0.5, 0.6) is 11.5 Å². The number of thiazole rings is 1. The van der Waals surface area contributed by atoms with Crippen LogP contribution in [0.25, 0.3) is 5.76 Å². The lowest BCUT2D eigenvalue weighted by Crippen LogP contribution is -2.29. The molecule has 0 radical (unpaired) electrons. The van der Waals surface area contributed by atoms with E-state index in [9.17, 15) is 24.6 Å². The fourth-order valence-corrected chi connectivity index (χ4v) is 4.92. The third-order valence-electron chi connectivity index (χ3n) is 5.52. The molecule has 0 saturated carbocycles. The van der Waals surface area contributed by atoms with Gasteiger partial charge in [0.25, 0.3) is 5.78 Å². The number of esters is 1. The maximum Gasteiger partial charge on any atom is 0.350 e. The maximum atomic E-state index is 13.3. The molecule has 4 rings (SSSR count). The number of hydrogen-bond acceptors (Lipinski definition) is 9. The predicted octanol–water partition coefficient (Wildman–Crippen LogP) is 4.36. The van der Waals surface area contributed by atoms with Gasteiger partial charge in [-0.05, 0) is 50.6 Å². The number of carbonyl (C=O) groups is 3. The van der Waals surface area contributed by atoms with Crippen molar-refractivity contribution in [1.29, 1.82) is 0 Å². The monoisotopic (exact) mass is 508 g/mol. The molecule has 1 fully saturated rings. The van der Waals surface area contributed by atoms with Gasteiger partial charge in [0.05, 0.1) is 30.5 Å². The summed E-state index contributed by atoms with van der Waals surface area (Å²) in [5.41, 5.74) is 0.958. The topological polar surface area (TPSA) is 126 Å². The SMILES string of the molecule is CCOC(=O)c1sc(N2C(=O)C(=O)/C(=C(/O)c3cccc(OCC)c3)C2c2ccc(O)cc2)nc1C. The summed E-state index contributed by atoms with van der Waals surface area (Å²) in [4.78, 5) is 44.7. The van der Waals surface area contributed by atoms with Crippen molar-refractivity contribution in [3.05, 3.63) is 75.8 Å². The van der Waals surface area contributed by atoms with Gasteiger partial charge in [0.15, 0.2) is 5.13 Å². The number of ketones is 1. The summed E-state index contributed by atoms with van der Waals surface area (Å²) in [5, 5.41) is 21.2. The van der Waals surface area contributed by atoms with Gasteiger partial charge in [-0.2, -0.15) is 0 Å². The van der Waals surface area contributed by atoms with Crippen LogP contribution >= 0.6 is 11.3 Å². The summed E-state index contributed by atoms with van der Waals surface area (Å²) in [6.07, 6.45) is 0. The molecular formula is C26H24N2O7S. The summed E-state index contributed by atoms with van der Waals surface area (Å²) in [5.74, 6) is -2.28. The number of anilines is 1. The zero-order valence-electron chi connectivity index (χ0n) is 19.8. The number of rotatable bonds is 7. The molecule has 1 unspecified atom stereocenters. The minimum Gasteiger partial charge on any atom is -0.508 e. The van der Waals surface area contributed by atoms with E-state index in [-0.39, 0.29) is 33.7 Å². The molecule has 2 heterocycles. The van der Waals surface area contributed by atoms with Crippen molar-refractivity contribution in [2.75, 3.05) is 18.1 Å². The molecule has 9 nitrogen and oxygen atoms in total. The number of nitrogens with zero attached hydrogens (tertiary/aromatic N) is 2. The largest absolute Gasteiger partial charge is 0.508 e. The molecule has 1 saturated heterocycles. The number of benzene rings is 2. The second-order valence-electron chi connectivity index (χ2n) is 7.85. The minimum absolute atomic E-state index is 0.00481. The van der Waals surface area contributed by atoms with Gasteiger partial charge in [-0.3, -0.25) is 14.5 Å². The van der Waals surface area contributed by atoms with Crippen LogP contribution in [0.4, 0.5) is 5.13 Å². The summed E-state index contributed by atoms with van der Waals surface area (Å²) < 4.78 is 10.6. The lowest BCUT2D eigenvalue weighted by atomic mass is 9.95.